The predicted molar refractivity (Wildman–Crippen MR) is 72.4 cm³/mol. The van der Waals surface area contributed by atoms with Crippen LogP contribution in [0, 0.1) is 0 Å². The van der Waals surface area contributed by atoms with E-state index in [0.29, 0.717) is 6.04 Å². The highest BCUT2D eigenvalue weighted by atomic mass is 15.2. The number of hydrogen-bond acceptors (Lipinski definition) is 4. The summed E-state index contributed by atoms with van der Waals surface area (Å²) in [5, 5.41) is 11.2. The third-order valence-corrected chi connectivity index (χ3v) is 2.92. The monoisotopic (exact) mass is 247 g/mol. The first-order valence-corrected chi connectivity index (χ1v) is 6.51. The molecule has 2 N–H and O–H groups in total. The van der Waals surface area contributed by atoms with Crippen molar-refractivity contribution in [2.24, 2.45) is 0 Å². The summed E-state index contributed by atoms with van der Waals surface area (Å²) in [7, 11) is 0. The molecule has 1 atom stereocenters. The van der Waals surface area contributed by atoms with E-state index in [1.165, 1.54) is 12.0 Å². The van der Waals surface area contributed by atoms with Crippen molar-refractivity contribution in [2.45, 2.75) is 32.9 Å². The second-order valence-corrected chi connectivity index (χ2v) is 4.56. The molecule has 1 unspecified atom stereocenters. The lowest BCUT2D eigenvalue weighted by atomic mass is 10.2. The molecule has 18 heavy (non-hydrogen) atoms. The van der Waals surface area contributed by atoms with Gasteiger partial charge in [-0.15, -0.1) is 0 Å². The highest BCUT2D eigenvalue weighted by Gasteiger charge is 2.05. The quantitative estimate of drug-likeness (QED) is 0.722. The first kappa shape index (κ1) is 13.0. The summed E-state index contributed by atoms with van der Waals surface area (Å²) in [6.45, 7) is 7.26. The fourth-order valence-electron chi connectivity index (χ4n) is 1.87. The van der Waals surface area contributed by atoms with Crippen LogP contribution >= 0.6 is 0 Å². The molecule has 2 aromatic rings. The van der Waals surface area contributed by atoms with Crippen molar-refractivity contribution in [1.29, 1.82) is 0 Å². The Balaban J connectivity index is 1.86. The standard InChI is InChI=1S/C13H21N5/c1-3-4-14-7-11(2)16-8-12-9-17-18-6-5-15-10-13(12)18/h5-6,9-11,14,16H,3-4,7-8H2,1-2H3. The summed E-state index contributed by atoms with van der Waals surface area (Å²) < 4.78 is 1.85. The third kappa shape index (κ3) is 3.27. The van der Waals surface area contributed by atoms with Crippen LogP contribution in [0.5, 0.6) is 0 Å². The van der Waals surface area contributed by atoms with E-state index in [2.05, 4.69) is 34.6 Å². The van der Waals surface area contributed by atoms with Crippen LogP contribution in [0.2, 0.25) is 0 Å². The van der Waals surface area contributed by atoms with Gasteiger partial charge in [0, 0.05) is 37.1 Å². The Kier molecular flexibility index (Phi) is 4.66. The molecule has 0 saturated carbocycles. The van der Waals surface area contributed by atoms with Crippen molar-refractivity contribution in [3.05, 3.63) is 30.4 Å². The molecule has 5 heteroatoms. The number of aromatic nitrogens is 3. The van der Waals surface area contributed by atoms with Crippen LogP contribution in [-0.2, 0) is 6.54 Å². The SMILES string of the molecule is CCCNCC(C)NCc1cnn2ccncc12. The van der Waals surface area contributed by atoms with Crippen molar-refractivity contribution in [3.8, 4) is 0 Å². The Morgan fingerprint density at radius 2 is 2.28 bits per heavy atom. The van der Waals surface area contributed by atoms with E-state index < -0.39 is 0 Å². The smallest absolute Gasteiger partial charge is 0.0889 e. The molecular formula is C13H21N5. The van der Waals surface area contributed by atoms with Gasteiger partial charge in [0.2, 0.25) is 0 Å². The van der Waals surface area contributed by atoms with E-state index in [4.69, 9.17) is 0 Å². The Bertz CT molecular complexity index is 479. The maximum Gasteiger partial charge on any atom is 0.0889 e. The van der Waals surface area contributed by atoms with Crippen LogP contribution in [0.1, 0.15) is 25.8 Å². The van der Waals surface area contributed by atoms with Gasteiger partial charge in [0.1, 0.15) is 0 Å². The van der Waals surface area contributed by atoms with Crippen LogP contribution < -0.4 is 10.6 Å². The van der Waals surface area contributed by atoms with Crippen LogP contribution in [0.25, 0.3) is 5.52 Å². The van der Waals surface area contributed by atoms with Crippen molar-refractivity contribution in [2.75, 3.05) is 13.1 Å². The van der Waals surface area contributed by atoms with Crippen LogP contribution in [0.4, 0.5) is 0 Å². The molecular weight excluding hydrogens is 226 g/mol. The van der Waals surface area contributed by atoms with E-state index in [-0.39, 0.29) is 0 Å². The molecule has 98 valence electrons. The average Bonchev–Trinajstić information content (AvgIpc) is 2.80. The van der Waals surface area contributed by atoms with Gasteiger partial charge in [-0.2, -0.15) is 5.10 Å². The zero-order chi connectivity index (χ0) is 12.8. The molecule has 5 nitrogen and oxygen atoms in total. The maximum absolute atomic E-state index is 4.29. The van der Waals surface area contributed by atoms with Gasteiger partial charge in [-0.3, -0.25) is 4.98 Å². The van der Waals surface area contributed by atoms with Crippen LogP contribution in [-0.4, -0.2) is 33.7 Å². The van der Waals surface area contributed by atoms with Gasteiger partial charge >= 0.3 is 0 Å². The average molecular weight is 247 g/mol. The summed E-state index contributed by atoms with van der Waals surface area (Å²) in [4.78, 5) is 4.13. The van der Waals surface area contributed by atoms with E-state index >= 15 is 0 Å². The number of hydrogen-bond donors (Lipinski definition) is 2. The number of nitrogens with zero attached hydrogens (tertiary/aromatic N) is 3. The molecule has 0 aliphatic carbocycles. The fourth-order valence-corrected chi connectivity index (χ4v) is 1.87. The second-order valence-electron chi connectivity index (χ2n) is 4.56. The van der Waals surface area contributed by atoms with E-state index in [1.54, 1.807) is 6.20 Å². The zero-order valence-electron chi connectivity index (χ0n) is 11.1. The van der Waals surface area contributed by atoms with Gasteiger partial charge in [0.15, 0.2) is 0 Å². The Morgan fingerprint density at radius 1 is 1.39 bits per heavy atom. The van der Waals surface area contributed by atoms with Crippen LogP contribution in [0.15, 0.2) is 24.8 Å². The van der Waals surface area contributed by atoms with Gasteiger partial charge in [0.05, 0.1) is 17.9 Å². The molecule has 0 aliphatic heterocycles. The molecule has 2 aromatic heterocycles. The lowest BCUT2D eigenvalue weighted by Gasteiger charge is -2.13. The van der Waals surface area contributed by atoms with Gasteiger partial charge in [0.25, 0.3) is 0 Å². The number of nitrogens with one attached hydrogen (secondary N) is 2. The van der Waals surface area contributed by atoms with Gasteiger partial charge in [-0.1, -0.05) is 6.92 Å². The topological polar surface area (TPSA) is 54.2 Å². The minimum absolute atomic E-state index is 0.447. The summed E-state index contributed by atoms with van der Waals surface area (Å²) in [5.74, 6) is 0. The highest BCUT2D eigenvalue weighted by molar-refractivity contribution is 5.51. The van der Waals surface area contributed by atoms with Crippen molar-refractivity contribution < 1.29 is 0 Å². The normalized spacial score (nSPS) is 13.0. The van der Waals surface area contributed by atoms with E-state index in [9.17, 15) is 0 Å². The highest BCUT2D eigenvalue weighted by Crippen LogP contribution is 2.08. The first-order valence-electron chi connectivity index (χ1n) is 6.51. The van der Waals surface area contributed by atoms with Crippen LogP contribution in [0.3, 0.4) is 0 Å². The largest absolute Gasteiger partial charge is 0.315 e. The number of fused-ring (bicyclic) bond motifs is 1. The van der Waals surface area contributed by atoms with Crippen molar-refractivity contribution >= 4 is 5.52 Å². The summed E-state index contributed by atoms with van der Waals surface area (Å²) in [6, 6.07) is 0.447. The zero-order valence-corrected chi connectivity index (χ0v) is 11.1. The minimum atomic E-state index is 0.447. The third-order valence-electron chi connectivity index (χ3n) is 2.92. The molecule has 0 spiro atoms. The molecule has 0 bridgehead atoms. The molecule has 0 saturated heterocycles. The van der Waals surface area contributed by atoms with Gasteiger partial charge < -0.3 is 10.6 Å². The molecule has 2 rings (SSSR count). The molecule has 0 fully saturated rings. The summed E-state index contributed by atoms with van der Waals surface area (Å²) >= 11 is 0. The fraction of sp³-hybridized carbons (Fsp3) is 0.538. The Hall–Kier alpha value is -1.46. The molecule has 0 aromatic carbocycles. The molecule has 0 radical (unpaired) electrons. The summed E-state index contributed by atoms with van der Waals surface area (Å²) in [6.07, 6.45) is 8.53. The van der Waals surface area contributed by atoms with E-state index in [0.717, 1.165) is 25.2 Å². The lowest BCUT2D eigenvalue weighted by Crippen LogP contribution is -2.36. The Morgan fingerprint density at radius 3 is 3.11 bits per heavy atom. The minimum Gasteiger partial charge on any atom is -0.315 e. The molecule has 0 amide bonds. The summed E-state index contributed by atoms with van der Waals surface area (Å²) in [5.41, 5.74) is 2.25. The van der Waals surface area contributed by atoms with Crippen molar-refractivity contribution in [1.82, 2.24) is 25.2 Å². The molecule has 2 heterocycles. The first-order chi connectivity index (χ1) is 8.81. The number of rotatable bonds is 7. The lowest BCUT2D eigenvalue weighted by molar-refractivity contribution is 0.502. The van der Waals surface area contributed by atoms with Gasteiger partial charge in [-0.25, -0.2) is 4.52 Å². The van der Waals surface area contributed by atoms with E-state index in [1.807, 2.05) is 23.1 Å². The Labute approximate surface area is 108 Å². The van der Waals surface area contributed by atoms with Crippen molar-refractivity contribution in [3.63, 3.8) is 0 Å². The molecule has 0 aliphatic rings. The second kappa shape index (κ2) is 6.47. The van der Waals surface area contributed by atoms with Gasteiger partial charge in [-0.05, 0) is 19.9 Å². The predicted octanol–water partition coefficient (Wildman–Crippen LogP) is 1.21. The maximum atomic E-state index is 4.29.